The Bertz CT molecular complexity index is 405. The van der Waals surface area contributed by atoms with Gasteiger partial charge in [0.05, 0.1) is 39.6 Å². The van der Waals surface area contributed by atoms with Gasteiger partial charge in [0, 0.05) is 28.9 Å². The third kappa shape index (κ3) is 14.5. The van der Waals surface area contributed by atoms with Crippen molar-refractivity contribution in [3.05, 3.63) is 10.4 Å². The van der Waals surface area contributed by atoms with Gasteiger partial charge in [-0.15, -0.1) is 0 Å². The molecule has 10 heteroatoms. The van der Waals surface area contributed by atoms with Gasteiger partial charge in [0.25, 0.3) is 0 Å². The van der Waals surface area contributed by atoms with E-state index >= 15 is 0 Å². The Morgan fingerprint density at radius 1 is 1.04 bits per heavy atom. The minimum Gasteiger partial charge on any atom is -0.463 e. The number of rotatable bonds is 17. The molecular weight excluding hydrogens is 378 g/mol. The van der Waals surface area contributed by atoms with Gasteiger partial charge < -0.3 is 18.9 Å². The highest BCUT2D eigenvalue weighted by Crippen LogP contribution is 2.39. The van der Waals surface area contributed by atoms with Crippen LogP contribution in [0.4, 0.5) is 0 Å². The van der Waals surface area contributed by atoms with Crippen LogP contribution in [0.5, 0.6) is 0 Å². The Balaban J connectivity index is 1.74. The van der Waals surface area contributed by atoms with Crippen molar-refractivity contribution in [3.8, 4) is 0 Å². The van der Waals surface area contributed by atoms with Crippen molar-refractivity contribution in [2.24, 2.45) is 5.11 Å². The van der Waals surface area contributed by atoms with E-state index in [0.717, 1.165) is 18.1 Å². The second kappa shape index (κ2) is 17.8. The molecule has 0 radical (unpaired) electrons. The van der Waals surface area contributed by atoms with Crippen LogP contribution in [-0.2, 0) is 23.7 Å². The van der Waals surface area contributed by atoms with Gasteiger partial charge in [-0.25, -0.2) is 0 Å². The van der Waals surface area contributed by atoms with Gasteiger partial charge in [-0.05, 0) is 24.8 Å². The van der Waals surface area contributed by atoms with Crippen molar-refractivity contribution in [2.75, 3.05) is 58.5 Å². The number of azide groups is 1. The zero-order chi connectivity index (χ0) is 18.7. The first kappa shape index (κ1) is 23.4. The molecule has 1 aliphatic heterocycles. The molecule has 0 aromatic heterocycles. The lowest BCUT2D eigenvalue weighted by Gasteiger charge is -2.08. The Labute approximate surface area is 163 Å². The maximum absolute atomic E-state index is 11.6. The number of nitrogens with zero attached hydrogens (tertiary/aromatic N) is 3. The summed E-state index contributed by atoms with van der Waals surface area (Å²) in [5.74, 6) is 1.12. The quantitative estimate of drug-likeness (QED) is 0.0906. The van der Waals surface area contributed by atoms with Crippen molar-refractivity contribution >= 4 is 27.6 Å². The van der Waals surface area contributed by atoms with E-state index in [0.29, 0.717) is 52.6 Å². The Morgan fingerprint density at radius 3 is 2.38 bits per heavy atom. The van der Waals surface area contributed by atoms with Crippen molar-refractivity contribution < 1.29 is 23.7 Å². The zero-order valence-electron chi connectivity index (χ0n) is 15.2. The summed E-state index contributed by atoms with van der Waals surface area (Å²) in [6.07, 6.45) is 4.99. The van der Waals surface area contributed by atoms with Crippen LogP contribution in [0.25, 0.3) is 10.4 Å². The predicted octanol–water partition coefficient (Wildman–Crippen LogP) is 3.60. The van der Waals surface area contributed by atoms with E-state index in [2.05, 4.69) is 10.0 Å². The zero-order valence-corrected chi connectivity index (χ0v) is 16.8. The van der Waals surface area contributed by atoms with Crippen LogP contribution >= 0.6 is 21.6 Å². The van der Waals surface area contributed by atoms with Gasteiger partial charge in [-0.2, -0.15) is 0 Å². The fourth-order valence-corrected chi connectivity index (χ4v) is 5.21. The molecule has 0 amide bonds. The molecule has 0 aliphatic carbocycles. The van der Waals surface area contributed by atoms with E-state index < -0.39 is 0 Å². The van der Waals surface area contributed by atoms with E-state index in [1.54, 1.807) is 0 Å². The molecule has 0 bridgehead atoms. The number of ether oxygens (including phenoxy) is 4. The number of unbranched alkanes of at least 4 members (excludes halogenated alkanes) is 1. The molecule has 26 heavy (non-hydrogen) atoms. The summed E-state index contributed by atoms with van der Waals surface area (Å²) in [7, 11) is 3.94. The molecule has 1 heterocycles. The molecule has 1 aliphatic rings. The molecule has 1 fully saturated rings. The molecule has 1 rings (SSSR count). The molecule has 1 saturated heterocycles. The summed E-state index contributed by atoms with van der Waals surface area (Å²) in [6.45, 7) is 3.23. The molecule has 0 aromatic rings. The first-order valence-electron chi connectivity index (χ1n) is 9.01. The van der Waals surface area contributed by atoms with Crippen LogP contribution in [0.1, 0.15) is 32.1 Å². The third-order valence-electron chi connectivity index (χ3n) is 3.52. The van der Waals surface area contributed by atoms with Crippen LogP contribution in [0, 0.1) is 0 Å². The molecule has 0 N–H and O–H groups in total. The van der Waals surface area contributed by atoms with Gasteiger partial charge in [-0.3, -0.25) is 4.79 Å². The lowest BCUT2D eigenvalue weighted by Crippen LogP contribution is -2.14. The summed E-state index contributed by atoms with van der Waals surface area (Å²) in [4.78, 5) is 14.2. The molecule has 0 spiro atoms. The smallest absolute Gasteiger partial charge is 0.305 e. The van der Waals surface area contributed by atoms with Crippen molar-refractivity contribution in [1.82, 2.24) is 0 Å². The molecule has 0 aromatic carbocycles. The summed E-state index contributed by atoms with van der Waals surface area (Å²) < 4.78 is 21.0. The summed E-state index contributed by atoms with van der Waals surface area (Å²) in [5.41, 5.74) is 8.08. The SMILES string of the molecule is [N-]=[N+]=NCCOCCOCCOCCOC(=O)CCCCC1CCSS1. The lowest BCUT2D eigenvalue weighted by atomic mass is 10.1. The highest BCUT2D eigenvalue weighted by molar-refractivity contribution is 8.77. The first-order valence-corrected chi connectivity index (χ1v) is 11.4. The maximum atomic E-state index is 11.6. The van der Waals surface area contributed by atoms with Crippen molar-refractivity contribution in [3.63, 3.8) is 0 Å². The van der Waals surface area contributed by atoms with Gasteiger partial charge >= 0.3 is 5.97 Å². The molecular formula is C16H29N3O5S2. The number of carbonyl (C=O) groups excluding carboxylic acids is 1. The third-order valence-corrected chi connectivity index (χ3v) is 6.52. The first-order chi connectivity index (χ1) is 12.8. The van der Waals surface area contributed by atoms with Crippen LogP contribution in [0.3, 0.4) is 0 Å². The largest absolute Gasteiger partial charge is 0.463 e. The summed E-state index contributed by atoms with van der Waals surface area (Å²) >= 11 is 0. The number of esters is 1. The molecule has 150 valence electrons. The predicted molar refractivity (Wildman–Crippen MR) is 104 cm³/mol. The highest BCUT2D eigenvalue weighted by Gasteiger charge is 2.15. The fraction of sp³-hybridized carbons (Fsp3) is 0.938. The van der Waals surface area contributed by atoms with E-state index in [4.69, 9.17) is 24.5 Å². The van der Waals surface area contributed by atoms with Crippen LogP contribution < -0.4 is 0 Å². The molecule has 1 atom stereocenters. The molecule has 8 nitrogen and oxygen atoms in total. The molecule has 0 saturated carbocycles. The molecule has 1 unspecified atom stereocenters. The van der Waals surface area contributed by atoms with Gasteiger partial charge in [0.15, 0.2) is 0 Å². The monoisotopic (exact) mass is 407 g/mol. The van der Waals surface area contributed by atoms with E-state index in [1.165, 1.54) is 18.6 Å². The van der Waals surface area contributed by atoms with Crippen LogP contribution in [0.2, 0.25) is 0 Å². The minimum atomic E-state index is -0.142. The minimum absolute atomic E-state index is 0.142. The Morgan fingerprint density at radius 2 is 1.73 bits per heavy atom. The standard InChI is InChI=1S/C16H29N3O5S2/c17-19-18-6-7-21-8-9-22-10-11-23-12-13-24-16(20)4-2-1-3-15-5-14-25-26-15/h15H,1-14H2. The Kier molecular flexibility index (Phi) is 16.0. The average Bonchev–Trinajstić information content (AvgIpc) is 3.16. The second-order valence-corrected chi connectivity index (χ2v) is 8.37. The average molecular weight is 408 g/mol. The Hall–Kier alpha value is -0.640. The van der Waals surface area contributed by atoms with Crippen LogP contribution in [-0.4, -0.2) is 69.8 Å². The van der Waals surface area contributed by atoms with Gasteiger partial charge in [0.2, 0.25) is 0 Å². The van der Waals surface area contributed by atoms with E-state index in [-0.39, 0.29) is 12.6 Å². The topological polar surface area (TPSA) is 103 Å². The van der Waals surface area contributed by atoms with Crippen molar-refractivity contribution in [1.29, 1.82) is 0 Å². The van der Waals surface area contributed by atoms with Gasteiger partial charge in [0.1, 0.15) is 6.61 Å². The summed E-state index contributed by atoms with van der Waals surface area (Å²) in [6, 6.07) is 0. The maximum Gasteiger partial charge on any atom is 0.305 e. The normalized spacial score (nSPS) is 16.4. The number of hydrogen-bond donors (Lipinski definition) is 0. The van der Waals surface area contributed by atoms with Crippen molar-refractivity contribution in [2.45, 2.75) is 37.4 Å². The lowest BCUT2D eigenvalue weighted by molar-refractivity contribution is -0.145. The second-order valence-electron chi connectivity index (χ2n) is 5.59. The fourth-order valence-electron chi connectivity index (χ4n) is 2.18. The number of hydrogen-bond acceptors (Lipinski definition) is 8. The summed E-state index contributed by atoms with van der Waals surface area (Å²) in [5, 5.41) is 4.13. The van der Waals surface area contributed by atoms with E-state index in [1.807, 2.05) is 21.6 Å². The van der Waals surface area contributed by atoms with E-state index in [9.17, 15) is 4.79 Å². The number of carbonyl (C=O) groups is 1. The highest BCUT2D eigenvalue weighted by atomic mass is 33.1. The van der Waals surface area contributed by atoms with Gasteiger partial charge in [-0.1, -0.05) is 33.1 Å². The van der Waals surface area contributed by atoms with Crippen LogP contribution in [0.15, 0.2) is 5.11 Å².